The number of hydrogen-bond acceptors (Lipinski definition) is 5. The van der Waals surface area contributed by atoms with Crippen molar-refractivity contribution >= 4 is 17.8 Å². The number of hydrogen-bond donors (Lipinski definition) is 0. The van der Waals surface area contributed by atoms with Gasteiger partial charge in [0, 0.05) is 24.0 Å². The fourth-order valence-corrected chi connectivity index (χ4v) is 1.32. The summed E-state index contributed by atoms with van der Waals surface area (Å²) < 4.78 is 5.11. The van der Waals surface area contributed by atoms with Gasteiger partial charge in [0.2, 0.25) is 0 Å². The van der Waals surface area contributed by atoms with Crippen LogP contribution in [0, 0.1) is 10.1 Å². The first-order valence-corrected chi connectivity index (χ1v) is 4.67. The highest BCUT2D eigenvalue weighted by molar-refractivity contribution is 7.93. The van der Waals surface area contributed by atoms with Gasteiger partial charge in [-0.1, -0.05) is 0 Å². The van der Waals surface area contributed by atoms with E-state index in [4.69, 9.17) is 4.28 Å². The molecule has 6 nitrogen and oxygen atoms in total. The lowest BCUT2D eigenvalue weighted by Crippen LogP contribution is -2.18. The molecule has 72 valence electrons. The highest BCUT2D eigenvalue weighted by Gasteiger charge is 2.19. The van der Waals surface area contributed by atoms with Crippen LogP contribution in [-0.4, -0.2) is 28.6 Å². The Morgan fingerprint density at radius 1 is 1.85 bits per heavy atom. The Kier molecular flexibility index (Phi) is 3.26. The van der Waals surface area contributed by atoms with Crippen molar-refractivity contribution < 1.29 is 9.32 Å². The molecule has 0 aromatic rings. The average Bonchev–Trinajstić information content (AvgIpc) is 2.31. The summed E-state index contributed by atoms with van der Waals surface area (Å²) in [7, 11) is 0. The minimum Gasteiger partial charge on any atom is -0.239 e. The number of hydroxylamine groups is 2. The van der Waals surface area contributed by atoms with Crippen molar-refractivity contribution in [3.8, 4) is 0 Å². The molecular formula is C6H9N3O3S. The van der Waals surface area contributed by atoms with Crippen LogP contribution in [0.4, 0.5) is 0 Å². The molecule has 0 radical (unpaired) electrons. The van der Waals surface area contributed by atoms with Crippen molar-refractivity contribution in [3.63, 3.8) is 0 Å². The maximum atomic E-state index is 10.1. The molecule has 1 heterocycles. The van der Waals surface area contributed by atoms with Crippen LogP contribution in [0.15, 0.2) is 16.9 Å². The van der Waals surface area contributed by atoms with E-state index in [1.165, 1.54) is 12.0 Å². The molecule has 7 heteroatoms. The monoisotopic (exact) mass is 203 g/mol. The molecule has 0 atom stereocenters. The number of rotatable bonds is 3. The maximum Gasteiger partial charge on any atom is 0.191 e. The van der Waals surface area contributed by atoms with Gasteiger partial charge in [0.15, 0.2) is 5.03 Å². The lowest BCUT2D eigenvalue weighted by Gasteiger charge is -2.15. The topological polar surface area (TPSA) is 68.0 Å². The molecule has 0 saturated carbocycles. The summed E-state index contributed by atoms with van der Waals surface area (Å²) in [4.78, 5) is 10.1. The van der Waals surface area contributed by atoms with Crippen LogP contribution in [0.3, 0.4) is 0 Å². The molecule has 1 aliphatic rings. The summed E-state index contributed by atoms with van der Waals surface area (Å²) in [5.74, 6) is 0. The van der Waals surface area contributed by atoms with E-state index in [1.54, 1.807) is 24.3 Å². The second-order valence-corrected chi connectivity index (χ2v) is 2.88. The largest absolute Gasteiger partial charge is 0.239 e. The van der Waals surface area contributed by atoms with Gasteiger partial charge in [-0.15, -0.1) is 0 Å². The normalized spacial score (nSPS) is 19.4. The van der Waals surface area contributed by atoms with Gasteiger partial charge in [0.1, 0.15) is 5.71 Å². The predicted molar refractivity (Wildman–Crippen MR) is 49.5 cm³/mol. The third-order valence-electron chi connectivity index (χ3n) is 1.45. The molecule has 0 saturated heterocycles. The van der Waals surface area contributed by atoms with Crippen molar-refractivity contribution in [1.82, 2.24) is 5.06 Å². The number of nitrogens with zero attached hydrogens (tertiary/aromatic N) is 3. The molecular weight excluding hydrogens is 194 g/mol. The second kappa shape index (κ2) is 4.24. The van der Waals surface area contributed by atoms with E-state index in [9.17, 15) is 10.1 Å². The van der Waals surface area contributed by atoms with E-state index >= 15 is 0 Å². The Bertz CT molecular complexity index is 276. The first-order chi connectivity index (χ1) is 6.13. The molecule has 0 aliphatic carbocycles. The average molecular weight is 203 g/mol. The minimum absolute atomic E-state index is 0.327. The smallest absolute Gasteiger partial charge is 0.191 e. The van der Waals surface area contributed by atoms with Gasteiger partial charge in [-0.25, -0.2) is 19.5 Å². The van der Waals surface area contributed by atoms with Gasteiger partial charge in [-0.2, -0.15) is 0 Å². The van der Waals surface area contributed by atoms with Crippen LogP contribution in [0.25, 0.3) is 0 Å². The number of allylic oxidation sites excluding steroid dienone is 1. The number of nitro groups is 1. The zero-order valence-electron chi connectivity index (χ0n) is 7.26. The highest BCUT2D eigenvalue weighted by atomic mass is 32.2. The standard InChI is InChI=1S/C6H9N3O3S/c1-5-3-6(7-9(10)11)4-8(5)12-13-2/h3H,4H2,1-2H3. The Hall–Kier alpha value is -1.08. The van der Waals surface area contributed by atoms with Gasteiger partial charge in [-0.3, -0.25) is 0 Å². The molecule has 1 rings (SSSR count). The van der Waals surface area contributed by atoms with E-state index in [1.807, 2.05) is 0 Å². The van der Waals surface area contributed by atoms with Gasteiger partial charge < -0.3 is 0 Å². The van der Waals surface area contributed by atoms with Gasteiger partial charge >= 0.3 is 0 Å². The molecule has 0 fully saturated rings. The molecule has 0 unspecified atom stereocenters. The summed E-state index contributed by atoms with van der Waals surface area (Å²) in [5, 5.41) is 14.1. The minimum atomic E-state index is -0.707. The summed E-state index contributed by atoms with van der Waals surface area (Å²) in [5.41, 5.74) is 1.21. The van der Waals surface area contributed by atoms with Crippen LogP contribution >= 0.6 is 12.0 Å². The zero-order chi connectivity index (χ0) is 9.84. The first kappa shape index (κ1) is 10.0. The van der Waals surface area contributed by atoms with Gasteiger partial charge in [0.25, 0.3) is 0 Å². The van der Waals surface area contributed by atoms with Gasteiger partial charge in [-0.05, 0) is 13.0 Å². The fraction of sp³-hybridized carbons (Fsp3) is 0.500. The number of hydrazone groups is 1. The van der Waals surface area contributed by atoms with E-state index in [2.05, 4.69) is 5.10 Å². The Morgan fingerprint density at radius 3 is 3.08 bits per heavy atom. The summed E-state index contributed by atoms with van der Waals surface area (Å²) in [6, 6.07) is 0. The molecule has 0 aromatic carbocycles. The third kappa shape index (κ3) is 2.71. The summed E-state index contributed by atoms with van der Waals surface area (Å²) in [6.07, 6.45) is 3.40. The molecule has 0 aromatic heterocycles. The van der Waals surface area contributed by atoms with Crippen molar-refractivity contribution in [3.05, 3.63) is 21.9 Å². The first-order valence-electron chi connectivity index (χ1n) is 3.52. The van der Waals surface area contributed by atoms with Crippen LogP contribution in [0.2, 0.25) is 0 Å². The lowest BCUT2D eigenvalue weighted by atomic mass is 10.4. The molecule has 13 heavy (non-hydrogen) atoms. The van der Waals surface area contributed by atoms with Crippen molar-refractivity contribution in [1.29, 1.82) is 0 Å². The van der Waals surface area contributed by atoms with Crippen molar-refractivity contribution in [2.45, 2.75) is 6.92 Å². The fourth-order valence-electron chi connectivity index (χ4n) is 0.971. The SMILES string of the molecule is CSON1CC(=N[N+](=O)[O-])C=C1C. The van der Waals surface area contributed by atoms with Crippen LogP contribution in [-0.2, 0) is 4.28 Å². The quantitative estimate of drug-likeness (QED) is 0.389. The zero-order valence-corrected chi connectivity index (χ0v) is 8.08. The molecule has 0 amide bonds. The Labute approximate surface area is 79.5 Å². The highest BCUT2D eigenvalue weighted by Crippen LogP contribution is 2.16. The summed E-state index contributed by atoms with van der Waals surface area (Å²) in [6.45, 7) is 2.13. The van der Waals surface area contributed by atoms with Crippen LogP contribution in [0.1, 0.15) is 6.92 Å². The maximum absolute atomic E-state index is 10.1. The summed E-state index contributed by atoms with van der Waals surface area (Å²) >= 11 is 1.18. The van der Waals surface area contributed by atoms with Gasteiger partial charge in [0.05, 0.1) is 11.6 Å². The van der Waals surface area contributed by atoms with Crippen molar-refractivity contribution in [2.24, 2.45) is 5.10 Å². The molecule has 1 aliphatic heterocycles. The molecule has 0 spiro atoms. The van der Waals surface area contributed by atoms with Crippen LogP contribution in [0.5, 0.6) is 0 Å². The van der Waals surface area contributed by atoms with E-state index < -0.39 is 5.03 Å². The lowest BCUT2D eigenvalue weighted by molar-refractivity contribution is -0.485. The van der Waals surface area contributed by atoms with Crippen LogP contribution < -0.4 is 0 Å². The van der Waals surface area contributed by atoms with E-state index in [-0.39, 0.29) is 0 Å². The molecule has 0 bridgehead atoms. The van der Waals surface area contributed by atoms with E-state index in [0.29, 0.717) is 12.3 Å². The Morgan fingerprint density at radius 2 is 2.54 bits per heavy atom. The molecule has 0 N–H and O–H groups in total. The predicted octanol–water partition coefficient (Wildman–Crippen LogP) is 1.05. The second-order valence-electron chi connectivity index (χ2n) is 2.39. The third-order valence-corrected chi connectivity index (χ3v) is 1.78. The Balaban J connectivity index is 2.65. The van der Waals surface area contributed by atoms with Crippen molar-refractivity contribution in [2.75, 3.05) is 12.8 Å². The van der Waals surface area contributed by atoms with E-state index in [0.717, 1.165) is 5.70 Å².